The third-order valence-corrected chi connectivity index (χ3v) is 5.75. The van der Waals surface area contributed by atoms with Crippen LogP contribution in [0.3, 0.4) is 0 Å². The zero-order valence-electron chi connectivity index (χ0n) is 15.1. The summed E-state index contributed by atoms with van der Waals surface area (Å²) in [6, 6.07) is 10.0. The standard InChI is InChI=1S/C20H25N3O2S/c1-15-4-2-3-5-16(15)6-10-21-20(25)22-11-7-19(24)23-12-8-18-17(14-23)9-13-26-18/h2-5,9,13H,6-8,10-12,14H2,1H3,(H2,21,22,25). The van der Waals surface area contributed by atoms with E-state index in [4.69, 9.17) is 0 Å². The van der Waals surface area contributed by atoms with Crippen molar-refractivity contribution in [3.05, 3.63) is 57.3 Å². The first-order valence-electron chi connectivity index (χ1n) is 9.02. The van der Waals surface area contributed by atoms with Crippen molar-refractivity contribution in [3.8, 4) is 0 Å². The number of nitrogens with zero attached hydrogens (tertiary/aromatic N) is 1. The number of benzene rings is 1. The van der Waals surface area contributed by atoms with Gasteiger partial charge in [0, 0.05) is 37.5 Å². The zero-order valence-corrected chi connectivity index (χ0v) is 15.9. The summed E-state index contributed by atoms with van der Waals surface area (Å²) in [4.78, 5) is 27.4. The fourth-order valence-corrected chi connectivity index (χ4v) is 4.06. The summed E-state index contributed by atoms with van der Waals surface area (Å²) in [5.74, 6) is 0.0991. The van der Waals surface area contributed by atoms with E-state index in [-0.39, 0.29) is 11.9 Å². The molecule has 2 aromatic rings. The van der Waals surface area contributed by atoms with Crippen LogP contribution in [0.2, 0.25) is 0 Å². The van der Waals surface area contributed by atoms with Gasteiger partial charge in [-0.25, -0.2) is 4.79 Å². The van der Waals surface area contributed by atoms with Gasteiger partial charge < -0.3 is 15.5 Å². The maximum Gasteiger partial charge on any atom is 0.314 e. The molecule has 2 heterocycles. The minimum Gasteiger partial charge on any atom is -0.338 e. The van der Waals surface area contributed by atoms with Gasteiger partial charge in [-0.15, -0.1) is 11.3 Å². The Labute approximate surface area is 158 Å². The molecular formula is C20H25N3O2S. The molecular weight excluding hydrogens is 346 g/mol. The molecule has 1 aromatic carbocycles. The van der Waals surface area contributed by atoms with Gasteiger partial charge in [-0.3, -0.25) is 4.79 Å². The number of nitrogens with one attached hydrogen (secondary N) is 2. The Morgan fingerprint density at radius 2 is 1.96 bits per heavy atom. The second-order valence-electron chi connectivity index (χ2n) is 6.54. The summed E-state index contributed by atoms with van der Waals surface area (Å²) in [6.45, 7) is 4.48. The summed E-state index contributed by atoms with van der Waals surface area (Å²) in [6.07, 6.45) is 2.08. The molecule has 1 aliphatic rings. The lowest BCUT2D eigenvalue weighted by Crippen LogP contribution is -2.40. The van der Waals surface area contributed by atoms with E-state index in [2.05, 4.69) is 41.1 Å². The molecule has 0 atom stereocenters. The molecule has 6 heteroatoms. The van der Waals surface area contributed by atoms with Crippen LogP contribution in [0, 0.1) is 6.92 Å². The smallest absolute Gasteiger partial charge is 0.314 e. The number of amides is 3. The van der Waals surface area contributed by atoms with Crippen LogP contribution in [0.25, 0.3) is 0 Å². The Morgan fingerprint density at radius 1 is 1.15 bits per heavy atom. The topological polar surface area (TPSA) is 61.4 Å². The highest BCUT2D eigenvalue weighted by Gasteiger charge is 2.21. The lowest BCUT2D eigenvalue weighted by molar-refractivity contribution is -0.131. The van der Waals surface area contributed by atoms with Crippen LogP contribution in [0.15, 0.2) is 35.7 Å². The Balaban J connectivity index is 1.32. The van der Waals surface area contributed by atoms with Crippen LogP contribution in [-0.2, 0) is 24.2 Å². The molecule has 0 unspecified atom stereocenters. The molecule has 0 saturated heterocycles. The highest BCUT2D eigenvalue weighted by atomic mass is 32.1. The molecule has 0 spiro atoms. The number of carbonyl (C=O) groups excluding carboxylic acids is 2. The minimum absolute atomic E-state index is 0.0991. The van der Waals surface area contributed by atoms with Crippen LogP contribution in [0.4, 0.5) is 4.79 Å². The molecule has 0 radical (unpaired) electrons. The van der Waals surface area contributed by atoms with Crippen molar-refractivity contribution in [2.75, 3.05) is 19.6 Å². The third-order valence-electron chi connectivity index (χ3n) is 4.73. The van der Waals surface area contributed by atoms with Crippen molar-refractivity contribution in [3.63, 3.8) is 0 Å². The number of thiophene rings is 1. The molecule has 1 aliphatic heterocycles. The van der Waals surface area contributed by atoms with E-state index >= 15 is 0 Å². The number of hydrogen-bond donors (Lipinski definition) is 2. The Kier molecular flexibility index (Phi) is 6.28. The summed E-state index contributed by atoms with van der Waals surface area (Å²) in [7, 11) is 0. The molecule has 2 N–H and O–H groups in total. The SMILES string of the molecule is Cc1ccccc1CCNC(=O)NCCC(=O)N1CCc2sccc2C1. The molecule has 3 rings (SSSR count). The van der Waals surface area contributed by atoms with Crippen LogP contribution in [0.1, 0.15) is 28.0 Å². The fourth-order valence-electron chi connectivity index (χ4n) is 3.17. The average molecular weight is 372 g/mol. The van der Waals surface area contributed by atoms with Gasteiger partial charge in [0.2, 0.25) is 5.91 Å². The predicted octanol–water partition coefficient (Wildman–Crippen LogP) is 2.87. The quantitative estimate of drug-likeness (QED) is 0.820. The first kappa shape index (κ1) is 18.5. The van der Waals surface area contributed by atoms with Crippen molar-refractivity contribution >= 4 is 23.3 Å². The molecule has 1 aromatic heterocycles. The second kappa shape index (κ2) is 8.85. The summed E-state index contributed by atoms with van der Waals surface area (Å²) < 4.78 is 0. The van der Waals surface area contributed by atoms with Crippen LogP contribution in [0.5, 0.6) is 0 Å². The maximum atomic E-state index is 12.3. The highest BCUT2D eigenvalue weighted by Crippen LogP contribution is 2.24. The number of rotatable bonds is 6. The van der Waals surface area contributed by atoms with Crippen LogP contribution >= 0.6 is 11.3 Å². The van der Waals surface area contributed by atoms with E-state index in [1.54, 1.807) is 11.3 Å². The Bertz CT molecular complexity index is 772. The van der Waals surface area contributed by atoms with Gasteiger partial charge in [0.1, 0.15) is 0 Å². The van der Waals surface area contributed by atoms with E-state index in [9.17, 15) is 9.59 Å². The Morgan fingerprint density at radius 3 is 2.81 bits per heavy atom. The highest BCUT2D eigenvalue weighted by molar-refractivity contribution is 7.10. The van der Waals surface area contributed by atoms with Crippen molar-refractivity contribution in [2.45, 2.75) is 32.7 Å². The number of hydrogen-bond acceptors (Lipinski definition) is 3. The summed E-state index contributed by atoms with van der Waals surface area (Å²) >= 11 is 1.76. The van der Waals surface area contributed by atoms with Crippen LogP contribution < -0.4 is 10.6 Å². The largest absolute Gasteiger partial charge is 0.338 e. The van der Waals surface area contributed by atoms with Gasteiger partial charge in [0.25, 0.3) is 0 Å². The van der Waals surface area contributed by atoms with Crippen molar-refractivity contribution in [1.82, 2.24) is 15.5 Å². The summed E-state index contributed by atoms with van der Waals surface area (Å²) in [5.41, 5.74) is 3.73. The summed E-state index contributed by atoms with van der Waals surface area (Å²) in [5, 5.41) is 7.70. The van der Waals surface area contributed by atoms with Gasteiger partial charge in [0.15, 0.2) is 0 Å². The lowest BCUT2D eigenvalue weighted by Gasteiger charge is -2.27. The molecule has 0 fully saturated rings. The second-order valence-corrected chi connectivity index (χ2v) is 7.54. The van der Waals surface area contributed by atoms with E-state index < -0.39 is 0 Å². The minimum atomic E-state index is -0.217. The fraction of sp³-hybridized carbons (Fsp3) is 0.400. The maximum absolute atomic E-state index is 12.3. The van der Waals surface area contributed by atoms with Gasteiger partial charge in [-0.2, -0.15) is 0 Å². The molecule has 5 nitrogen and oxygen atoms in total. The molecule has 0 bridgehead atoms. The molecule has 0 aliphatic carbocycles. The van der Waals surface area contributed by atoms with Gasteiger partial charge in [-0.1, -0.05) is 24.3 Å². The predicted molar refractivity (Wildman–Crippen MR) is 104 cm³/mol. The van der Waals surface area contributed by atoms with Crippen molar-refractivity contribution < 1.29 is 9.59 Å². The number of urea groups is 1. The molecule has 26 heavy (non-hydrogen) atoms. The number of aryl methyl sites for hydroxylation is 1. The molecule has 138 valence electrons. The van der Waals surface area contributed by atoms with E-state index in [1.165, 1.54) is 21.6 Å². The van der Waals surface area contributed by atoms with E-state index in [1.807, 2.05) is 17.0 Å². The first-order valence-corrected chi connectivity index (χ1v) is 9.90. The average Bonchev–Trinajstić information content (AvgIpc) is 3.11. The lowest BCUT2D eigenvalue weighted by atomic mass is 10.1. The van der Waals surface area contributed by atoms with Crippen molar-refractivity contribution in [1.29, 1.82) is 0 Å². The van der Waals surface area contributed by atoms with Crippen molar-refractivity contribution in [2.24, 2.45) is 0 Å². The number of carbonyl (C=O) groups is 2. The number of fused-ring (bicyclic) bond motifs is 1. The van der Waals surface area contributed by atoms with E-state index in [0.29, 0.717) is 26.1 Å². The van der Waals surface area contributed by atoms with Gasteiger partial charge in [-0.05, 0) is 47.9 Å². The van der Waals surface area contributed by atoms with Gasteiger partial charge in [0.05, 0.1) is 0 Å². The van der Waals surface area contributed by atoms with Crippen LogP contribution in [-0.4, -0.2) is 36.5 Å². The van der Waals surface area contributed by atoms with E-state index in [0.717, 1.165) is 19.4 Å². The van der Waals surface area contributed by atoms with Gasteiger partial charge >= 0.3 is 6.03 Å². The Hall–Kier alpha value is -2.34. The monoisotopic (exact) mass is 371 g/mol. The zero-order chi connectivity index (χ0) is 18.4. The third kappa shape index (κ3) is 4.85. The first-order chi connectivity index (χ1) is 12.6. The molecule has 3 amide bonds. The molecule has 0 saturated carbocycles. The normalized spacial score (nSPS) is 13.2.